The van der Waals surface area contributed by atoms with Gasteiger partial charge < -0.3 is 19.9 Å². The van der Waals surface area contributed by atoms with Crippen LogP contribution in [-0.4, -0.2) is 39.2 Å². The molecule has 0 saturated carbocycles. The molecule has 0 fully saturated rings. The number of nitriles is 1. The fourth-order valence-corrected chi connectivity index (χ4v) is 5.98. The van der Waals surface area contributed by atoms with Crippen molar-refractivity contribution >= 4 is 67.1 Å². The van der Waals surface area contributed by atoms with E-state index < -0.39 is 23.8 Å². The Morgan fingerprint density at radius 2 is 1.61 bits per heavy atom. The zero-order chi connectivity index (χ0) is 26.7. The van der Waals surface area contributed by atoms with Gasteiger partial charge in [0.25, 0.3) is 0 Å². The summed E-state index contributed by atoms with van der Waals surface area (Å²) in [6.07, 6.45) is 0. The maximum Gasteiger partial charge on any atom is 0.355 e. The average Bonchev–Trinajstić information content (AvgIpc) is 2.87. The van der Waals surface area contributed by atoms with E-state index in [2.05, 4.69) is 31.9 Å². The molecular formula is C24H18Br2ClN3O6. The van der Waals surface area contributed by atoms with Crippen molar-refractivity contribution in [2.75, 3.05) is 26.2 Å². The molecule has 2 N–H and O–H groups in total. The predicted molar refractivity (Wildman–Crippen MR) is 138 cm³/mol. The summed E-state index contributed by atoms with van der Waals surface area (Å²) in [5.74, 6) is -3.85. The molecule has 1 aliphatic rings. The van der Waals surface area contributed by atoms with Crippen LogP contribution in [0.15, 0.2) is 68.0 Å². The van der Waals surface area contributed by atoms with Crippen LogP contribution in [0.3, 0.4) is 0 Å². The second kappa shape index (κ2) is 11.2. The minimum atomic E-state index is -1.05. The van der Waals surface area contributed by atoms with Crippen molar-refractivity contribution in [1.29, 1.82) is 5.26 Å². The van der Waals surface area contributed by atoms with Gasteiger partial charge in [-0.25, -0.2) is 14.4 Å². The smallest absolute Gasteiger partial charge is 0.355 e. The van der Waals surface area contributed by atoms with Crippen molar-refractivity contribution in [3.05, 3.63) is 84.2 Å². The van der Waals surface area contributed by atoms with Crippen LogP contribution in [0.25, 0.3) is 0 Å². The van der Waals surface area contributed by atoms with Crippen LogP contribution < -0.4 is 10.6 Å². The Kier molecular flexibility index (Phi) is 8.45. The molecule has 0 radical (unpaired) electrons. The molecule has 0 spiro atoms. The van der Waals surface area contributed by atoms with Crippen LogP contribution in [0.5, 0.6) is 0 Å². The van der Waals surface area contributed by atoms with E-state index in [9.17, 15) is 19.6 Å². The Bertz CT molecular complexity index is 1370. The number of methoxy groups -OCH3 is 3. The van der Waals surface area contributed by atoms with Crippen LogP contribution in [-0.2, 0) is 23.8 Å². The third kappa shape index (κ3) is 4.59. The molecule has 0 amide bonds. The first-order valence-corrected chi connectivity index (χ1v) is 12.0. The first-order chi connectivity index (χ1) is 17.1. The molecule has 1 atom stereocenters. The topological polar surface area (TPSA) is 132 Å². The minimum Gasteiger partial charge on any atom is -0.466 e. The first-order valence-electron chi connectivity index (χ1n) is 10.1. The molecule has 1 heterocycles. The van der Waals surface area contributed by atoms with Gasteiger partial charge in [0.05, 0.1) is 65.2 Å². The number of halogens is 3. The van der Waals surface area contributed by atoms with E-state index in [-0.39, 0.29) is 47.9 Å². The number of anilines is 1. The summed E-state index contributed by atoms with van der Waals surface area (Å²) < 4.78 is 15.2. The Balaban J connectivity index is 2.52. The number of carbonyl (C=O) groups excluding carboxylic acids is 3. The number of benzene rings is 2. The number of rotatable bonds is 5. The average molecular weight is 640 g/mol. The highest BCUT2D eigenvalue weighted by Gasteiger charge is 2.44. The highest BCUT2D eigenvalue weighted by Crippen LogP contribution is 2.48. The number of esters is 3. The normalized spacial score (nSPS) is 15.4. The van der Waals surface area contributed by atoms with Crippen molar-refractivity contribution in [3.63, 3.8) is 0 Å². The highest BCUT2D eigenvalue weighted by atomic mass is 79.9. The summed E-state index contributed by atoms with van der Waals surface area (Å²) >= 11 is 13.2. The van der Waals surface area contributed by atoms with Crippen LogP contribution in [0.4, 0.5) is 5.69 Å². The van der Waals surface area contributed by atoms with E-state index >= 15 is 0 Å². The fraction of sp³-hybridized carbons (Fsp3) is 0.167. The molecule has 36 heavy (non-hydrogen) atoms. The number of allylic oxidation sites excluding steroid dienone is 1. The van der Waals surface area contributed by atoms with Gasteiger partial charge in [0.2, 0.25) is 0 Å². The van der Waals surface area contributed by atoms with E-state index in [1.807, 2.05) is 6.07 Å². The lowest BCUT2D eigenvalue weighted by atomic mass is 9.81. The van der Waals surface area contributed by atoms with Gasteiger partial charge in [-0.2, -0.15) is 5.26 Å². The molecule has 186 valence electrons. The van der Waals surface area contributed by atoms with Crippen molar-refractivity contribution in [1.82, 2.24) is 0 Å². The number of hydrogen-bond donors (Lipinski definition) is 1. The number of hydrogen-bond acceptors (Lipinski definition) is 9. The second-order valence-electron chi connectivity index (χ2n) is 7.20. The number of ether oxygens (including phenoxy) is 3. The maximum atomic E-state index is 13.2. The molecule has 9 nitrogen and oxygen atoms in total. The Morgan fingerprint density at radius 3 is 2.14 bits per heavy atom. The lowest BCUT2D eigenvalue weighted by molar-refractivity contribution is -0.139. The van der Waals surface area contributed by atoms with E-state index in [0.29, 0.717) is 5.56 Å². The first kappa shape index (κ1) is 27.3. The second-order valence-corrected chi connectivity index (χ2v) is 9.26. The van der Waals surface area contributed by atoms with Gasteiger partial charge >= 0.3 is 17.9 Å². The SMILES string of the molecule is COC(=O)C1=C(C(=O)OC)N(c2c(Cl)cc(Br)c(C(=O)OC)c2Br)C(N)=C(C#N)C1c1ccccc1. The van der Waals surface area contributed by atoms with Gasteiger partial charge in [-0.1, -0.05) is 41.9 Å². The highest BCUT2D eigenvalue weighted by molar-refractivity contribution is 9.11. The summed E-state index contributed by atoms with van der Waals surface area (Å²) in [4.78, 5) is 40.0. The zero-order valence-electron chi connectivity index (χ0n) is 19.1. The molecule has 12 heteroatoms. The molecule has 2 aromatic carbocycles. The quantitative estimate of drug-likeness (QED) is 0.370. The van der Waals surface area contributed by atoms with Crippen molar-refractivity contribution in [2.45, 2.75) is 5.92 Å². The summed E-state index contributed by atoms with van der Waals surface area (Å²) in [5.41, 5.74) is 6.43. The lowest BCUT2D eigenvalue weighted by Gasteiger charge is -2.37. The summed E-state index contributed by atoms with van der Waals surface area (Å²) in [6, 6.07) is 12.0. The maximum absolute atomic E-state index is 13.2. The molecule has 2 aromatic rings. The molecule has 1 aliphatic heterocycles. The van der Waals surface area contributed by atoms with Crippen LogP contribution in [0.2, 0.25) is 5.02 Å². The van der Waals surface area contributed by atoms with Crippen LogP contribution in [0, 0.1) is 11.3 Å². The molecule has 1 unspecified atom stereocenters. The van der Waals surface area contributed by atoms with E-state index in [1.54, 1.807) is 30.3 Å². The summed E-state index contributed by atoms with van der Waals surface area (Å²) in [5, 5.41) is 10.2. The third-order valence-electron chi connectivity index (χ3n) is 5.37. The Hall–Kier alpha value is -3.33. The molecule has 0 aliphatic carbocycles. The van der Waals surface area contributed by atoms with Crippen molar-refractivity contribution < 1.29 is 28.6 Å². The standard InChI is InChI=1S/C24H18Br2ClN3O6/c1-34-22(31)16-13(25)9-14(27)19(18(16)26)30-20(24(33)36-3)17(23(32)35-2)15(12(10-28)21(30)29)11-7-5-4-6-8-11/h4-9,15H,29H2,1-3H3. The minimum absolute atomic E-state index is 0.00108. The zero-order valence-corrected chi connectivity index (χ0v) is 23.0. The Morgan fingerprint density at radius 1 is 1.03 bits per heavy atom. The third-order valence-corrected chi connectivity index (χ3v) is 7.05. The largest absolute Gasteiger partial charge is 0.466 e. The molecule has 3 rings (SSSR count). The van der Waals surface area contributed by atoms with Gasteiger partial charge in [0, 0.05) is 4.47 Å². The van der Waals surface area contributed by atoms with Gasteiger partial charge in [0.1, 0.15) is 11.5 Å². The van der Waals surface area contributed by atoms with Gasteiger partial charge in [-0.3, -0.25) is 4.90 Å². The van der Waals surface area contributed by atoms with E-state index in [1.165, 1.54) is 13.2 Å². The van der Waals surface area contributed by atoms with Crippen LogP contribution in [0.1, 0.15) is 21.8 Å². The van der Waals surface area contributed by atoms with Gasteiger partial charge in [-0.15, -0.1) is 0 Å². The summed E-state index contributed by atoms with van der Waals surface area (Å²) in [6.45, 7) is 0. The molecule has 0 saturated heterocycles. The molecular weight excluding hydrogens is 622 g/mol. The van der Waals surface area contributed by atoms with E-state index in [0.717, 1.165) is 19.1 Å². The lowest BCUT2D eigenvalue weighted by Crippen LogP contribution is -2.41. The molecule has 0 aromatic heterocycles. The fourth-order valence-electron chi connectivity index (χ4n) is 3.82. The van der Waals surface area contributed by atoms with Crippen molar-refractivity contribution in [2.24, 2.45) is 5.73 Å². The van der Waals surface area contributed by atoms with Gasteiger partial charge in [0.15, 0.2) is 0 Å². The van der Waals surface area contributed by atoms with E-state index in [4.69, 9.17) is 31.5 Å². The Labute approximate surface area is 228 Å². The number of nitrogens with zero attached hydrogens (tertiary/aromatic N) is 2. The monoisotopic (exact) mass is 637 g/mol. The number of carbonyl (C=O) groups is 3. The molecule has 0 bridgehead atoms. The van der Waals surface area contributed by atoms with Gasteiger partial charge in [-0.05, 0) is 43.5 Å². The van der Waals surface area contributed by atoms with Crippen LogP contribution >= 0.6 is 43.5 Å². The summed E-state index contributed by atoms with van der Waals surface area (Å²) in [7, 11) is 3.46. The predicted octanol–water partition coefficient (Wildman–Crippen LogP) is 4.55. The number of nitrogens with two attached hydrogens (primary N) is 1. The van der Waals surface area contributed by atoms with Crippen molar-refractivity contribution in [3.8, 4) is 6.07 Å².